The molecule has 13 heteroatoms. The Bertz CT molecular complexity index is 785. The van der Waals surface area contributed by atoms with Crippen LogP contribution in [0.25, 0.3) is 0 Å². The number of rotatable bonds is 8. The number of carbonyl (C=O) groups is 2. The van der Waals surface area contributed by atoms with Crippen molar-refractivity contribution in [1.29, 1.82) is 0 Å². The van der Waals surface area contributed by atoms with Crippen molar-refractivity contribution in [2.45, 2.75) is 37.9 Å². The molecule has 1 aromatic rings. The number of aromatic nitrogens is 1. The van der Waals surface area contributed by atoms with Crippen LogP contribution in [-0.2, 0) is 23.4 Å². The Morgan fingerprint density at radius 1 is 1.34 bits per heavy atom. The van der Waals surface area contributed by atoms with Gasteiger partial charge in [-0.2, -0.15) is 4.57 Å². The zero-order valence-electron chi connectivity index (χ0n) is 15.5. The largest absolute Gasteiger partial charge is 0.469 e. The van der Waals surface area contributed by atoms with Gasteiger partial charge in [-0.3, -0.25) is 9.32 Å². The third kappa shape index (κ3) is 6.63. The first-order valence-corrected chi connectivity index (χ1v) is 10.2. The molecule has 2 rings (SSSR count). The summed E-state index contributed by atoms with van der Waals surface area (Å²) in [6.45, 7) is 1.34. The van der Waals surface area contributed by atoms with Gasteiger partial charge in [0.1, 0.15) is 17.8 Å². The van der Waals surface area contributed by atoms with Crippen LogP contribution in [-0.4, -0.2) is 63.4 Å². The van der Waals surface area contributed by atoms with Crippen LogP contribution in [0, 0.1) is 5.92 Å². The second-order valence-corrected chi connectivity index (χ2v) is 7.92. The number of carbonyl (C=O) groups excluding carboxylic acids is 2. The molecule has 1 saturated heterocycles. The number of phosphoric acid groups is 1. The van der Waals surface area contributed by atoms with Crippen LogP contribution < -0.4 is 10.3 Å². The molecular weight excluding hydrogens is 411 g/mol. The van der Waals surface area contributed by atoms with E-state index >= 15 is 0 Å². The smallest absolute Gasteiger partial charge is 0.389 e. The van der Waals surface area contributed by atoms with Gasteiger partial charge in [-0.15, -0.1) is 0 Å². The Labute approximate surface area is 166 Å². The normalized spacial score (nSPS) is 25.6. The topological polar surface area (TPSA) is 190 Å². The highest BCUT2D eigenvalue weighted by Crippen LogP contribution is 2.37. The van der Waals surface area contributed by atoms with Crippen molar-refractivity contribution in [2.24, 2.45) is 11.7 Å². The molecule has 0 aromatic carbocycles. The van der Waals surface area contributed by atoms with Crippen LogP contribution in [0.5, 0.6) is 0 Å². The predicted molar refractivity (Wildman–Crippen MR) is 93.8 cm³/mol. The molecule has 1 fully saturated rings. The highest BCUT2D eigenvalue weighted by molar-refractivity contribution is 7.46. The zero-order chi connectivity index (χ0) is 21.8. The first-order valence-electron chi connectivity index (χ1n) is 8.69. The van der Waals surface area contributed by atoms with Crippen LogP contribution in [0.2, 0.25) is 0 Å². The molecule has 0 radical (unpaired) electrons. The average molecular weight is 435 g/mol. The number of nitrogens with zero attached hydrogens (tertiary/aromatic N) is 1. The standard InChI is InChI=1S/C16H23N2O10P/c1-9(6-17)5-12(19)28-16(22)10-3-2-4-18(7-10)15-14(21)13(20)11(27-15)8-26-29(23,24)25/h2-4,7,9,11,13-15,20-21H,5-6,8,17H2,1H3,(H-,23,24,25)/p+1/t9-,11-,13-,14-,15-/m1/s1. The third-order valence-corrected chi connectivity index (χ3v) is 4.71. The zero-order valence-corrected chi connectivity index (χ0v) is 16.4. The lowest BCUT2D eigenvalue weighted by molar-refractivity contribution is -0.765. The van der Waals surface area contributed by atoms with Gasteiger partial charge in [0, 0.05) is 12.5 Å². The fraction of sp³-hybridized carbons (Fsp3) is 0.562. The Morgan fingerprint density at radius 2 is 2.03 bits per heavy atom. The molecule has 6 N–H and O–H groups in total. The third-order valence-electron chi connectivity index (χ3n) is 4.22. The molecule has 1 aliphatic heterocycles. The van der Waals surface area contributed by atoms with E-state index in [1.54, 1.807) is 6.92 Å². The van der Waals surface area contributed by atoms with Gasteiger partial charge in [0.15, 0.2) is 18.5 Å². The second-order valence-electron chi connectivity index (χ2n) is 6.68. The Kier molecular flexibility index (Phi) is 7.97. The number of ether oxygens (including phenoxy) is 2. The van der Waals surface area contributed by atoms with Crippen molar-refractivity contribution in [3.63, 3.8) is 0 Å². The van der Waals surface area contributed by atoms with E-state index in [1.807, 2.05) is 0 Å². The van der Waals surface area contributed by atoms with Crippen molar-refractivity contribution >= 4 is 19.8 Å². The van der Waals surface area contributed by atoms with Crippen LogP contribution in [0.1, 0.15) is 29.9 Å². The average Bonchev–Trinajstić information content (AvgIpc) is 2.94. The van der Waals surface area contributed by atoms with E-state index in [-0.39, 0.29) is 24.4 Å². The SMILES string of the molecule is C[C@@H](CN)CC(=O)OC(=O)c1ccc[n+]([C@@H]2O[C@H](COP(=O)(O)O)[C@@H](O)[C@H]2O)c1. The van der Waals surface area contributed by atoms with Crippen molar-refractivity contribution in [3.8, 4) is 0 Å². The summed E-state index contributed by atoms with van der Waals surface area (Å²) >= 11 is 0. The Balaban J connectivity index is 2.07. The van der Waals surface area contributed by atoms with Gasteiger partial charge < -0.3 is 35.2 Å². The number of phosphoric ester groups is 1. The number of hydrogen-bond donors (Lipinski definition) is 5. The summed E-state index contributed by atoms with van der Waals surface area (Å²) in [5.41, 5.74) is 5.41. The molecule has 0 unspecified atom stereocenters. The number of esters is 2. The predicted octanol–water partition coefficient (Wildman–Crippen LogP) is -1.63. The van der Waals surface area contributed by atoms with Gasteiger partial charge in [-0.25, -0.2) is 9.36 Å². The highest BCUT2D eigenvalue weighted by Gasteiger charge is 2.49. The van der Waals surface area contributed by atoms with Crippen LogP contribution in [0.15, 0.2) is 24.5 Å². The van der Waals surface area contributed by atoms with E-state index in [1.165, 1.54) is 29.1 Å². The van der Waals surface area contributed by atoms with Gasteiger partial charge >= 0.3 is 19.8 Å². The monoisotopic (exact) mass is 435 g/mol. The quantitative estimate of drug-likeness (QED) is 0.136. The molecule has 1 aliphatic rings. The molecular formula is C16H24N2O10P+. The summed E-state index contributed by atoms with van der Waals surface area (Å²) in [5, 5.41) is 20.2. The number of aliphatic hydroxyl groups is 2. The molecule has 162 valence electrons. The Hall–Kier alpha value is -1.76. The summed E-state index contributed by atoms with van der Waals surface area (Å²) in [7, 11) is -4.78. The summed E-state index contributed by atoms with van der Waals surface area (Å²) < 4.78 is 26.5. The maximum Gasteiger partial charge on any atom is 0.469 e. The molecule has 0 aliphatic carbocycles. The van der Waals surface area contributed by atoms with Gasteiger partial charge in [-0.05, 0) is 18.5 Å². The van der Waals surface area contributed by atoms with Crippen molar-refractivity contribution in [1.82, 2.24) is 0 Å². The van der Waals surface area contributed by atoms with Crippen LogP contribution in [0.3, 0.4) is 0 Å². The number of pyridine rings is 1. The van der Waals surface area contributed by atoms with E-state index in [4.69, 9.17) is 25.0 Å². The number of hydrogen-bond acceptors (Lipinski definition) is 9. The van der Waals surface area contributed by atoms with E-state index < -0.39 is 50.9 Å². The second kappa shape index (κ2) is 9.83. The van der Waals surface area contributed by atoms with Gasteiger partial charge in [-0.1, -0.05) is 6.92 Å². The van der Waals surface area contributed by atoms with Gasteiger partial charge in [0.2, 0.25) is 0 Å². The number of nitrogens with two attached hydrogens (primary N) is 1. The maximum atomic E-state index is 12.2. The van der Waals surface area contributed by atoms with E-state index in [2.05, 4.69) is 4.52 Å². The summed E-state index contributed by atoms with van der Waals surface area (Å²) in [6.07, 6.45) is -2.69. The summed E-state index contributed by atoms with van der Waals surface area (Å²) in [6, 6.07) is 2.82. The lowest BCUT2D eigenvalue weighted by Gasteiger charge is -2.13. The molecule has 0 amide bonds. The fourth-order valence-corrected chi connectivity index (χ4v) is 2.97. The highest BCUT2D eigenvalue weighted by atomic mass is 31.2. The van der Waals surface area contributed by atoms with Crippen LogP contribution in [0.4, 0.5) is 0 Å². The molecule has 29 heavy (non-hydrogen) atoms. The lowest BCUT2D eigenvalue weighted by atomic mass is 10.1. The van der Waals surface area contributed by atoms with Crippen molar-refractivity contribution in [3.05, 3.63) is 30.1 Å². The molecule has 12 nitrogen and oxygen atoms in total. The van der Waals surface area contributed by atoms with E-state index in [9.17, 15) is 24.4 Å². The van der Waals surface area contributed by atoms with Gasteiger partial charge in [0.25, 0.3) is 6.23 Å². The minimum Gasteiger partial charge on any atom is -0.389 e. The first-order chi connectivity index (χ1) is 13.5. The minimum atomic E-state index is -4.78. The lowest BCUT2D eigenvalue weighted by Crippen LogP contribution is -2.46. The van der Waals surface area contributed by atoms with Gasteiger partial charge in [0.05, 0.1) is 6.61 Å². The van der Waals surface area contributed by atoms with Crippen molar-refractivity contribution in [2.75, 3.05) is 13.2 Å². The molecule has 2 heterocycles. The molecule has 0 saturated carbocycles. The molecule has 0 spiro atoms. The molecule has 5 atom stereocenters. The summed E-state index contributed by atoms with van der Waals surface area (Å²) in [4.78, 5) is 41.4. The molecule has 0 bridgehead atoms. The summed E-state index contributed by atoms with van der Waals surface area (Å²) in [5.74, 6) is -1.79. The van der Waals surface area contributed by atoms with E-state index in [0.717, 1.165) is 0 Å². The fourth-order valence-electron chi connectivity index (χ4n) is 2.63. The first kappa shape index (κ1) is 23.5. The maximum absolute atomic E-state index is 12.2. The minimum absolute atomic E-state index is 0.0125. The van der Waals surface area contributed by atoms with Crippen molar-refractivity contribution < 1.29 is 52.7 Å². The molecule has 1 aromatic heterocycles. The number of aliphatic hydroxyl groups excluding tert-OH is 2. The van der Waals surface area contributed by atoms with Crippen LogP contribution >= 0.6 is 7.82 Å². The van der Waals surface area contributed by atoms with E-state index in [0.29, 0.717) is 0 Å². The Morgan fingerprint density at radius 3 is 2.66 bits per heavy atom.